The summed E-state index contributed by atoms with van der Waals surface area (Å²) in [5, 5.41) is 3.67. The average Bonchev–Trinajstić information content (AvgIpc) is 2.96. The number of hydrogen-bond donors (Lipinski definition) is 1. The topological polar surface area (TPSA) is 12.0 Å². The van der Waals surface area contributed by atoms with E-state index in [-0.39, 0.29) is 0 Å². The monoisotopic (exact) mass is 221 g/mol. The Morgan fingerprint density at radius 2 is 1.75 bits per heavy atom. The van der Waals surface area contributed by atoms with E-state index in [1.54, 1.807) is 19.3 Å². The Hall–Kier alpha value is -0.0400. The summed E-state index contributed by atoms with van der Waals surface area (Å²) < 4.78 is 0. The Kier molecular flexibility index (Phi) is 2.99. The van der Waals surface area contributed by atoms with Gasteiger partial charge in [-0.05, 0) is 61.8 Å². The van der Waals surface area contributed by atoms with Gasteiger partial charge in [-0.2, -0.15) is 0 Å². The first-order chi connectivity index (χ1) is 7.84. The molecule has 3 aliphatic carbocycles. The fourth-order valence-electron chi connectivity index (χ4n) is 4.65. The van der Waals surface area contributed by atoms with Crippen molar-refractivity contribution in [1.82, 2.24) is 5.32 Å². The molecular formula is C15H27N. The van der Waals surface area contributed by atoms with Crippen molar-refractivity contribution in [3.63, 3.8) is 0 Å². The number of fused-ring (bicyclic) bond motifs is 1. The van der Waals surface area contributed by atoms with Gasteiger partial charge in [-0.1, -0.05) is 26.2 Å². The molecule has 2 atom stereocenters. The molecule has 0 heterocycles. The van der Waals surface area contributed by atoms with E-state index in [1.165, 1.54) is 38.6 Å². The lowest BCUT2D eigenvalue weighted by atomic mass is 9.66. The predicted molar refractivity (Wildman–Crippen MR) is 68.4 cm³/mol. The molecule has 0 bridgehead atoms. The van der Waals surface area contributed by atoms with Crippen molar-refractivity contribution in [2.24, 2.45) is 23.2 Å². The highest BCUT2D eigenvalue weighted by Gasteiger charge is 2.55. The molecule has 92 valence electrons. The van der Waals surface area contributed by atoms with Crippen LogP contribution in [0.3, 0.4) is 0 Å². The van der Waals surface area contributed by atoms with E-state index in [2.05, 4.69) is 12.2 Å². The molecule has 16 heavy (non-hydrogen) atoms. The first-order valence-corrected chi connectivity index (χ1v) is 7.55. The fourth-order valence-corrected chi connectivity index (χ4v) is 4.65. The maximum absolute atomic E-state index is 3.67. The van der Waals surface area contributed by atoms with Crippen LogP contribution >= 0.6 is 0 Å². The number of nitrogens with one attached hydrogen (secondary N) is 1. The van der Waals surface area contributed by atoms with Crippen LogP contribution < -0.4 is 5.32 Å². The largest absolute Gasteiger partial charge is 0.316 e. The summed E-state index contributed by atoms with van der Waals surface area (Å²) in [4.78, 5) is 0. The predicted octanol–water partition coefficient (Wildman–Crippen LogP) is 3.59. The maximum Gasteiger partial charge on any atom is 0.00106 e. The van der Waals surface area contributed by atoms with Gasteiger partial charge in [0.2, 0.25) is 0 Å². The van der Waals surface area contributed by atoms with Crippen molar-refractivity contribution in [3.05, 3.63) is 0 Å². The van der Waals surface area contributed by atoms with Gasteiger partial charge in [0.25, 0.3) is 0 Å². The second-order valence-electron chi connectivity index (χ2n) is 6.64. The molecule has 0 radical (unpaired) electrons. The standard InChI is InChI=1S/C15H27N/c1-2-16-11-15(9-12-8-13(12)10-15)14-6-4-3-5-7-14/h12-14,16H,2-11H2,1H3. The zero-order valence-electron chi connectivity index (χ0n) is 10.8. The van der Waals surface area contributed by atoms with E-state index in [9.17, 15) is 0 Å². The SMILES string of the molecule is CCNCC1(C2CCCCC2)CC2CC2C1. The Morgan fingerprint density at radius 3 is 2.38 bits per heavy atom. The van der Waals surface area contributed by atoms with Gasteiger partial charge in [-0.25, -0.2) is 0 Å². The molecule has 1 heteroatoms. The van der Waals surface area contributed by atoms with Gasteiger partial charge >= 0.3 is 0 Å². The lowest BCUT2D eigenvalue weighted by molar-refractivity contribution is 0.105. The van der Waals surface area contributed by atoms with E-state index >= 15 is 0 Å². The second kappa shape index (κ2) is 4.33. The van der Waals surface area contributed by atoms with Crippen molar-refractivity contribution < 1.29 is 0 Å². The van der Waals surface area contributed by atoms with Gasteiger partial charge in [-0.3, -0.25) is 0 Å². The minimum atomic E-state index is 0.726. The Bertz CT molecular complexity index is 232. The summed E-state index contributed by atoms with van der Waals surface area (Å²) in [6, 6.07) is 0. The molecule has 0 aromatic carbocycles. The van der Waals surface area contributed by atoms with E-state index in [1.807, 2.05) is 0 Å². The Morgan fingerprint density at radius 1 is 1.06 bits per heavy atom. The number of hydrogen-bond acceptors (Lipinski definition) is 1. The first-order valence-electron chi connectivity index (χ1n) is 7.55. The maximum atomic E-state index is 3.67. The van der Waals surface area contributed by atoms with E-state index in [0.29, 0.717) is 0 Å². The van der Waals surface area contributed by atoms with Gasteiger partial charge in [0.05, 0.1) is 0 Å². The van der Waals surface area contributed by atoms with Gasteiger partial charge in [-0.15, -0.1) is 0 Å². The molecule has 0 saturated heterocycles. The van der Waals surface area contributed by atoms with Crippen LogP contribution in [-0.4, -0.2) is 13.1 Å². The van der Waals surface area contributed by atoms with E-state index in [4.69, 9.17) is 0 Å². The van der Waals surface area contributed by atoms with Crippen LogP contribution in [0.1, 0.15) is 58.3 Å². The molecule has 3 saturated carbocycles. The number of rotatable bonds is 4. The highest BCUT2D eigenvalue weighted by atomic mass is 14.9. The lowest BCUT2D eigenvalue weighted by Gasteiger charge is -2.41. The van der Waals surface area contributed by atoms with Gasteiger partial charge < -0.3 is 5.32 Å². The fraction of sp³-hybridized carbons (Fsp3) is 1.00. The third kappa shape index (κ3) is 1.92. The summed E-state index contributed by atoms with van der Waals surface area (Å²) in [6.07, 6.45) is 12.3. The highest BCUT2D eigenvalue weighted by molar-refractivity contribution is 5.06. The van der Waals surface area contributed by atoms with E-state index < -0.39 is 0 Å². The zero-order chi connectivity index (χ0) is 11.0. The summed E-state index contributed by atoms with van der Waals surface area (Å²) >= 11 is 0. The van der Waals surface area contributed by atoms with Crippen molar-refractivity contribution in [1.29, 1.82) is 0 Å². The molecule has 2 unspecified atom stereocenters. The third-order valence-electron chi connectivity index (χ3n) is 5.60. The molecular weight excluding hydrogens is 194 g/mol. The first kappa shape index (κ1) is 11.1. The molecule has 3 rings (SSSR count). The van der Waals surface area contributed by atoms with Crippen molar-refractivity contribution in [2.75, 3.05) is 13.1 Å². The van der Waals surface area contributed by atoms with Crippen LogP contribution in [0, 0.1) is 23.2 Å². The summed E-state index contributed by atoms with van der Waals surface area (Å²) in [6.45, 7) is 4.73. The normalized spacial score (nSPS) is 43.3. The van der Waals surface area contributed by atoms with Crippen LogP contribution in [0.2, 0.25) is 0 Å². The van der Waals surface area contributed by atoms with Crippen LogP contribution in [0.15, 0.2) is 0 Å². The molecule has 0 aromatic heterocycles. The average molecular weight is 221 g/mol. The molecule has 3 aliphatic rings. The minimum absolute atomic E-state index is 0.726. The van der Waals surface area contributed by atoms with Gasteiger partial charge in [0.1, 0.15) is 0 Å². The van der Waals surface area contributed by atoms with Crippen LogP contribution in [-0.2, 0) is 0 Å². The van der Waals surface area contributed by atoms with Crippen molar-refractivity contribution in [3.8, 4) is 0 Å². The summed E-state index contributed by atoms with van der Waals surface area (Å²) in [7, 11) is 0. The second-order valence-corrected chi connectivity index (χ2v) is 6.64. The zero-order valence-corrected chi connectivity index (χ0v) is 10.8. The van der Waals surface area contributed by atoms with Gasteiger partial charge in [0.15, 0.2) is 0 Å². The molecule has 0 aromatic rings. The summed E-state index contributed by atoms with van der Waals surface area (Å²) in [5.74, 6) is 3.34. The van der Waals surface area contributed by atoms with Crippen molar-refractivity contribution >= 4 is 0 Å². The molecule has 0 aliphatic heterocycles. The molecule has 1 nitrogen and oxygen atoms in total. The van der Waals surface area contributed by atoms with E-state index in [0.717, 1.165) is 29.7 Å². The molecule has 0 amide bonds. The summed E-state index contributed by atoms with van der Waals surface area (Å²) in [5.41, 5.74) is 0.726. The smallest absolute Gasteiger partial charge is 0.00106 e. The Balaban J connectivity index is 1.68. The lowest BCUT2D eigenvalue weighted by Crippen LogP contribution is -2.40. The Labute approximate surface area is 100 Å². The minimum Gasteiger partial charge on any atom is -0.316 e. The molecule has 3 fully saturated rings. The molecule has 1 N–H and O–H groups in total. The van der Waals surface area contributed by atoms with Crippen LogP contribution in [0.25, 0.3) is 0 Å². The van der Waals surface area contributed by atoms with Gasteiger partial charge in [0, 0.05) is 6.54 Å². The molecule has 0 spiro atoms. The third-order valence-corrected chi connectivity index (χ3v) is 5.60. The highest BCUT2D eigenvalue weighted by Crippen LogP contribution is 2.63. The van der Waals surface area contributed by atoms with Crippen molar-refractivity contribution in [2.45, 2.75) is 58.3 Å². The quantitative estimate of drug-likeness (QED) is 0.765. The van der Waals surface area contributed by atoms with Crippen LogP contribution in [0.5, 0.6) is 0 Å². The van der Waals surface area contributed by atoms with Crippen LogP contribution in [0.4, 0.5) is 0 Å².